The summed E-state index contributed by atoms with van der Waals surface area (Å²) in [6.45, 7) is 4.70. The van der Waals surface area contributed by atoms with Gasteiger partial charge in [-0.25, -0.2) is 0 Å². The van der Waals surface area contributed by atoms with E-state index in [9.17, 15) is 24.3 Å². The van der Waals surface area contributed by atoms with Gasteiger partial charge in [0.15, 0.2) is 18.2 Å². The summed E-state index contributed by atoms with van der Waals surface area (Å²) in [5.41, 5.74) is 4.53. The van der Waals surface area contributed by atoms with E-state index in [2.05, 4.69) is 11.1 Å². The maximum atomic E-state index is 12.2. The summed E-state index contributed by atoms with van der Waals surface area (Å²) in [7, 11) is 0. The highest BCUT2D eigenvalue weighted by molar-refractivity contribution is 6.76. The average molecular weight is 625 g/mol. The second-order valence-electron chi connectivity index (χ2n) is 7.87. The molecule has 0 bridgehead atoms. The van der Waals surface area contributed by atoms with Crippen molar-refractivity contribution >= 4 is 93.2 Å². The molecule has 0 aromatic rings. The Morgan fingerprint density at radius 3 is 2.09 bits per heavy atom. The van der Waals surface area contributed by atoms with Crippen molar-refractivity contribution in [2.45, 2.75) is 77.6 Å². The lowest BCUT2D eigenvalue weighted by Crippen LogP contribution is -2.69. The molecule has 17 heteroatoms. The number of nitrogens with one attached hydrogen (secondary N) is 1. The summed E-state index contributed by atoms with van der Waals surface area (Å²) in [4.78, 5) is 45.3. The van der Waals surface area contributed by atoms with E-state index < -0.39 is 61.8 Å². The molecular formula is C18H24Cl6N2O9. The monoisotopic (exact) mass is 622 g/mol. The number of ether oxygens (including phenoxy) is 4. The lowest BCUT2D eigenvalue weighted by atomic mass is 9.95. The molecule has 5 atom stereocenters. The maximum absolute atomic E-state index is 12.2. The number of halogens is 6. The summed E-state index contributed by atoms with van der Waals surface area (Å²) in [6, 6.07) is -1.28. The quantitative estimate of drug-likeness (QED) is 0.306. The molecule has 0 aliphatic carbocycles. The Morgan fingerprint density at radius 2 is 1.63 bits per heavy atom. The van der Waals surface area contributed by atoms with Gasteiger partial charge in [-0.3, -0.25) is 14.4 Å². The number of alkyl halides is 6. The molecule has 2 amide bonds. The van der Waals surface area contributed by atoms with Crippen LogP contribution in [0, 0.1) is 0 Å². The van der Waals surface area contributed by atoms with Gasteiger partial charge in [-0.2, -0.15) is 0 Å². The predicted octanol–water partition coefficient (Wildman–Crippen LogP) is 1.83. The Morgan fingerprint density at radius 1 is 1.09 bits per heavy atom. The molecule has 2 fully saturated rings. The van der Waals surface area contributed by atoms with E-state index in [0.29, 0.717) is 0 Å². The topological polar surface area (TPSA) is 163 Å². The van der Waals surface area contributed by atoms with Gasteiger partial charge in [0.25, 0.3) is 19.4 Å². The van der Waals surface area contributed by atoms with Crippen LogP contribution in [0.2, 0.25) is 0 Å². The third-order valence-electron chi connectivity index (χ3n) is 4.46. The fourth-order valence-corrected chi connectivity index (χ4v) is 3.02. The number of aliphatic hydroxyl groups excluding tert-OH is 1. The molecule has 2 saturated heterocycles. The van der Waals surface area contributed by atoms with Crippen molar-refractivity contribution in [3.8, 4) is 0 Å². The first-order valence-corrected chi connectivity index (χ1v) is 12.1. The van der Waals surface area contributed by atoms with Crippen molar-refractivity contribution in [2.24, 2.45) is 5.73 Å². The van der Waals surface area contributed by atoms with Crippen LogP contribution in [0.4, 0.5) is 0 Å². The van der Waals surface area contributed by atoms with E-state index in [0.717, 1.165) is 0 Å². The SMILES string of the molecule is CC(=O)CCC(=O)O[C@@H]1[C@@H](NC(=O)C(Cl)(Cl)Cl)[C@@H](O)O[C@@H]2COC(C)(C)O[C@@H]12.NC(=O)C(Cl)(Cl)Cl. The minimum atomic E-state index is -2.31. The van der Waals surface area contributed by atoms with Gasteiger partial charge >= 0.3 is 5.97 Å². The summed E-state index contributed by atoms with van der Waals surface area (Å²) in [5, 5.41) is 12.6. The van der Waals surface area contributed by atoms with Gasteiger partial charge < -0.3 is 39.9 Å². The Kier molecular flexibility index (Phi) is 12.1. The Hall–Kier alpha value is -0.340. The highest BCUT2D eigenvalue weighted by Crippen LogP contribution is 2.34. The fraction of sp³-hybridized carbons (Fsp3) is 0.778. The van der Waals surface area contributed by atoms with Crippen molar-refractivity contribution in [2.75, 3.05) is 6.61 Å². The molecule has 0 aromatic carbocycles. The first-order chi connectivity index (χ1) is 15.7. The summed E-state index contributed by atoms with van der Waals surface area (Å²) in [5.74, 6) is -3.93. The number of Topliss-reactive ketones (excluding diaryl/α,β-unsaturated/α-hetero) is 1. The second kappa shape index (κ2) is 12.9. The van der Waals surface area contributed by atoms with Crippen LogP contribution < -0.4 is 11.1 Å². The summed E-state index contributed by atoms with van der Waals surface area (Å²) in [6.07, 6.45) is -4.60. The van der Waals surface area contributed by atoms with Crippen LogP contribution in [-0.4, -0.2) is 79.3 Å². The molecule has 202 valence electrons. The molecule has 0 unspecified atom stereocenters. The first kappa shape index (κ1) is 32.7. The van der Waals surface area contributed by atoms with E-state index in [4.69, 9.17) is 88.6 Å². The van der Waals surface area contributed by atoms with Crippen molar-refractivity contribution in [1.29, 1.82) is 0 Å². The Balaban J connectivity index is 0.000000762. The fourth-order valence-electron chi connectivity index (χ4n) is 2.86. The number of amides is 2. The molecule has 2 rings (SSSR count). The van der Waals surface area contributed by atoms with E-state index in [1.54, 1.807) is 13.8 Å². The van der Waals surface area contributed by atoms with E-state index in [1.165, 1.54) is 6.92 Å². The minimum absolute atomic E-state index is 0.0145. The largest absolute Gasteiger partial charge is 0.457 e. The van der Waals surface area contributed by atoms with E-state index >= 15 is 0 Å². The Bertz CT molecular complexity index is 802. The number of aliphatic hydroxyl groups is 1. The molecule has 0 aromatic heterocycles. The van der Waals surface area contributed by atoms with Gasteiger partial charge in [-0.15, -0.1) is 0 Å². The molecule has 0 radical (unpaired) electrons. The number of carbonyl (C=O) groups is 4. The molecule has 2 aliphatic rings. The van der Waals surface area contributed by atoms with E-state index in [1.807, 2.05) is 0 Å². The zero-order valence-electron chi connectivity index (χ0n) is 18.6. The third kappa shape index (κ3) is 10.9. The van der Waals surface area contributed by atoms with Crippen LogP contribution in [0.25, 0.3) is 0 Å². The van der Waals surface area contributed by atoms with Gasteiger partial charge in [0, 0.05) is 6.42 Å². The van der Waals surface area contributed by atoms with Crippen molar-refractivity contribution in [3.63, 3.8) is 0 Å². The van der Waals surface area contributed by atoms with Gasteiger partial charge in [-0.05, 0) is 20.8 Å². The highest BCUT2D eigenvalue weighted by atomic mass is 35.6. The number of esters is 1. The highest BCUT2D eigenvalue weighted by Gasteiger charge is 2.54. The molecule has 35 heavy (non-hydrogen) atoms. The van der Waals surface area contributed by atoms with Gasteiger partial charge in [-0.1, -0.05) is 69.6 Å². The molecule has 2 aliphatic heterocycles. The number of nitrogens with two attached hydrogens (primary N) is 1. The van der Waals surface area contributed by atoms with Gasteiger partial charge in [0.2, 0.25) is 0 Å². The maximum Gasteiger partial charge on any atom is 0.306 e. The molecule has 0 saturated carbocycles. The van der Waals surface area contributed by atoms with Gasteiger partial charge in [0.1, 0.15) is 24.0 Å². The number of fused-ring (bicyclic) bond motifs is 1. The number of hydrogen-bond acceptors (Lipinski definition) is 9. The number of rotatable bonds is 5. The predicted molar refractivity (Wildman–Crippen MR) is 127 cm³/mol. The molecule has 0 spiro atoms. The number of carbonyl (C=O) groups excluding carboxylic acids is 4. The van der Waals surface area contributed by atoms with Crippen molar-refractivity contribution in [1.82, 2.24) is 5.32 Å². The lowest BCUT2D eigenvalue weighted by Gasteiger charge is -2.49. The van der Waals surface area contributed by atoms with Crippen LogP contribution in [0.15, 0.2) is 0 Å². The van der Waals surface area contributed by atoms with Crippen LogP contribution >= 0.6 is 69.6 Å². The van der Waals surface area contributed by atoms with Crippen LogP contribution in [0.3, 0.4) is 0 Å². The van der Waals surface area contributed by atoms with E-state index in [-0.39, 0.29) is 25.2 Å². The first-order valence-electron chi connectivity index (χ1n) is 9.83. The lowest BCUT2D eigenvalue weighted by molar-refractivity contribution is -0.365. The summed E-state index contributed by atoms with van der Waals surface area (Å²) >= 11 is 31.5. The Labute approximate surface area is 231 Å². The normalized spacial score (nSPS) is 28.0. The molecular weight excluding hydrogens is 601 g/mol. The standard InChI is InChI=1S/C16H22Cl3NO8.C2H2Cl3NO/c1-7(21)4-5-9(22)27-12-10(20-14(24)16(17,18)19)13(23)26-8-6-25-15(2,3)28-11(8)12;3-2(4,5)1(6)7/h8,10-13,23H,4-6H2,1-3H3,(H,20,24);(H2,6,7)/t8-,10-,11-,12-,13+;/m1./s1. The van der Waals surface area contributed by atoms with Crippen molar-refractivity contribution < 1.29 is 43.2 Å². The van der Waals surface area contributed by atoms with Crippen LogP contribution in [0.1, 0.15) is 33.6 Å². The average Bonchev–Trinajstić information content (AvgIpc) is 2.68. The zero-order chi connectivity index (χ0) is 27.4. The molecule has 11 nitrogen and oxygen atoms in total. The van der Waals surface area contributed by atoms with Crippen LogP contribution in [-0.2, 0) is 38.1 Å². The second-order valence-corrected chi connectivity index (χ2v) is 12.4. The van der Waals surface area contributed by atoms with Crippen LogP contribution in [0.5, 0.6) is 0 Å². The molecule has 2 heterocycles. The number of primary amides is 1. The summed E-state index contributed by atoms with van der Waals surface area (Å²) < 4.78 is 17.9. The number of hydrogen-bond donors (Lipinski definition) is 3. The molecule has 4 N–H and O–H groups in total. The van der Waals surface area contributed by atoms with Crippen molar-refractivity contribution in [3.05, 3.63) is 0 Å². The number of ketones is 1. The minimum Gasteiger partial charge on any atom is -0.457 e. The third-order valence-corrected chi connectivity index (χ3v) is 5.54. The zero-order valence-corrected chi connectivity index (χ0v) is 23.1. The van der Waals surface area contributed by atoms with Gasteiger partial charge in [0.05, 0.1) is 13.0 Å². The smallest absolute Gasteiger partial charge is 0.306 e.